The Kier molecular flexibility index (Phi) is 5.43. The monoisotopic (exact) mass is 318 g/mol. The van der Waals surface area contributed by atoms with E-state index in [1.807, 2.05) is 6.07 Å². The molecule has 1 aromatic rings. The second-order valence-corrected chi connectivity index (χ2v) is 6.78. The maximum Gasteiger partial charge on any atom is 0.220 e. The summed E-state index contributed by atoms with van der Waals surface area (Å²) in [5.74, 6) is 1.75. The summed E-state index contributed by atoms with van der Waals surface area (Å²) in [4.78, 5) is 22.5. The number of nitrogens with zero attached hydrogens (tertiary/aromatic N) is 3. The zero-order valence-electron chi connectivity index (χ0n) is 13.5. The van der Waals surface area contributed by atoms with E-state index in [2.05, 4.69) is 20.2 Å². The van der Waals surface area contributed by atoms with Crippen LogP contribution >= 0.6 is 0 Å². The van der Waals surface area contributed by atoms with Crippen LogP contribution in [-0.4, -0.2) is 46.7 Å². The molecule has 0 spiro atoms. The van der Waals surface area contributed by atoms with E-state index in [0.717, 1.165) is 18.2 Å². The standard InChI is InChI=1S/C17H26N4O2/c22-11-14-9-21(16-7-8-18-12-19-16)10-15(14)20-17(23)6-5-13-3-1-2-4-13/h7-8,12-15,22H,1-6,9-11H2,(H,20,23)/t14-,15+/m0/s1. The first-order valence-electron chi connectivity index (χ1n) is 8.67. The molecule has 2 fully saturated rings. The summed E-state index contributed by atoms with van der Waals surface area (Å²) in [6.07, 6.45) is 10.0. The molecule has 0 bridgehead atoms. The maximum absolute atomic E-state index is 12.2. The van der Waals surface area contributed by atoms with Gasteiger partial charge in [0.25, 0.3) is 0 Å². The summed E-state index contributed by atoms with van der Waals surface area (Å²) in [6.45, 7) is 1.48. The molecule has 6 nitrogen and oxygen atoms in total. The number of carbonyl (C=O) groups excluding carboxylic acids is 1. The molecule has 2 heterocycles. The normalized spacial score (nSPS) is 25.0. The lowest BCUT2D eigenvalue weighted by Crippen LogP contribution is -2.41. The molecule has 3 rings (SSSR count). The first-order chi connectivity index (χ1) is 11.3. The van der Waals surface area contributed by atoms with Crippen LogP contribution in [0.25, 0.3) is 0 Å². The van der Waals surface area contributed by atoms with Gasteiger partial charge in [-0.2, -0.15) is 0 Å². The van der Waals surface area contributed by atoms with Gasteiger partial charge in [0.15, 0.2) is 0 Å². The summed E-state index contributed by atoms with van der Waals surface area (Å²) >= 11 is 0. The Hall–Kier alpha value is -1.69. The van der Waals surface area contributed by atoms with Crippen molar-refractivity contribution in [1.82, 2.24) is 15.3 Å². The van der Waals surface area contributed by atoms with Crippen molar-refractivity contribution in [2.75, 3.05) is 24.6 Å². The third kappa shape index (κ3) is 4.19. The summed E-state index contributed by atoms with van der Waals surface area (Å²) < 4.78 is 0. The van der Waals surface area contributed by atoms with Crippen molar-refractivity contribution in [2.45, 2.75) is 44.6 Å². The second kappa shape index (κ2) is 7.73. The van der Waals surface area contributed by atoms with Gasteiger partial charge in [-0.15, -0.1) is 0 Å². The van der Waals surface area contributed by atoms with E-state index >= 15 is 0 Å². The van der Waals surface area contributed by atoms with E-state index in [9.17, 15) is 9.90 Å². The molecule has 1 aromatic heterocycles. The Morgan fingerprint density at radius 1 is 1.35 bits per heavy atom. The third-order valence-corrected chi connectivity index (χ3v) is 5.17. The molecule has 1 saturated carbocycles. The number of nitrogens with one attached hydrogen (secondary N) is 1. The SMILES string of the molecule is O=C(CCC1CCCC1)N[C@@H]1CN(c2ccncn2)C[C@H]1CO. The number of aromatic nitrogens is 2. The first kappa shape index (κ1) is 16.2. The van der Waals surface area contributed by atoms with E-state index in [4.69, 9.17) is 0 Å². The van der Waals surface area contributed by atoms with Crippen LogP contribution in [0.1, 0.15) is 38.5 Å². The first-order valence-corrected chi connectivity index (χ1v) is 8.67. The third-order valence-electron chi connectivity index (χ3n) is 5.17. The predicted octanol–water partition coefficient (Wildman–Crippen LogP) is 1.36. The highest BCUT2D eigenvalue weighted by Gasteiger charge is 2.34. The van der Waals surface area contributed by atoms with Crippen LogP contribution in [0.5, 0.6) is 0 Å². The van der Waals surface area contributed by atoms with Gasteiger partial charge in [-0.25, -0.2) is 9.97 Å². The quantitative estimate of drug-likeness (QED) is 0.828. The molecular formula is C17H26N4O2. The van der Waals surface area contributed by atoms with E-state index in [1.54, 1.807) is 6.20 Å². The largest absolute Gasteiger partial charge is 0.396 e. The van der Waals surface area contributed by atoms with Crippen LogP contribution in [0.3, 0.4) is 0 Å². The summed E-state index contributed by atoms with van der Waals surface area (Å²) in [7, 11) is 0. The number of rotatable bonds is 6. The molecule has 0 unspecified atom stereocenters. The fourth-order valence-corrected chi connectivity index (χ4v) is 3.79. The smallest absolute Gasteiger partial charge is 0.220 e. The Bertz CT molecular complexity index is 505. The molecule has 2 N–H and O–H groups in total. The number of anilines is 1. The lowest BCUT2D eigenvalue weighted by molar-refractivity contribution is -0.122. The van der Waals surface area contributed by atoms with Gasteiger partial charge >= 0.3 is 0 Å². The van der Waals surface area contributed by atoms with Gasteiger partial charge in [0.05, 0.1) is 6.04 Å². The molecule has 126 valence electrons. The predicted molar refractivity (Wildman–Crippen MR) is 87.9 cm³/mol. The number of carbonyl (C=O) groups is 1. The van der Waals surface area contributed by atoms with Crippen LogP contribution in [0.2, 0.25) is 0 Å². The van der Waals surface area contributed by atoms with Crippen LogP contribution in [0.15, 0.2) is 18.6 Å². The summed E-state index contributed by atoms with van der Waals surface area (Å²) in [5, 5.41) is 12.7. The van der Waals surface area contributed by atoms with Crippen molar-refractivity contribution in [3.05, 3.63) is 18.6 Å². The minimum absolute atomic E-state index is 0.00829. The average Bonchev–Trinajstić information content (AvgIpc) is 3.23. The summed E-state index contributed by atoms with van der Waals surface area (Å²) in [6, 6.07) is 1.85. The fourth-order valence-electron chi connectivity index (χ4n) is 3.79. The zero-order valence-corrected chi connectivity index (χ0v) is 13.5. The van der Waals surface area contributed by atoms with Gasteiger partial charge in [0.2, 0.25) is 5.91 Å². The highest BCUT2D eigenvalue weighted by molar-refractivity contribution is 5.76. The fraction of sp³-hybridized carbons (Fsp3) is 0.706. The molecule has 1 aliphatic heterocycles. The van der Waals surface area contributed by atoms with Crippen molar-refractivity contribution in [2.24, 2.45) is 11.8 Å². The number of hydrogen-bond acceptors (Lipinski definition) is 5. The van der Waals surface area contributed by atoms with Crippen LogP contribution in [-0.2, 0) is 4.79 Å². The minimum atomic E-state index is -0.00829. The minimum Gasteiger partial charge on any atom is -0.396 e. The van der Waals surface area contributed by atoms with Crippen molar-refractivity contribution < 1.29 is 9.90 Å². The van der Waals surface area contributed by atoms with Crippen molar-refractivity contribution >= 4 is 11.7 Å². The molecule has 23 heavy (non-hydrogen) atoms. The van der Waals surface area contributed by atoms with Crippen molar-refractivity contribution in [3.8, 4) is 0 Å². The number of aliphatic hydroxyl groups excluding tert-OH is 1. The maximum atomic E-state index is 12.2. The molecule has 1 amide bonds. The van der Waals surface area contributed by atoms with E-state index in [1.165, 1.54) is 32.0 Å². The average molecular weight is 318 g/mol. The van der Waals surface area contributed by atoms with Gasteiger partial charge in [0.1, 0.15) is 12.1 Å². The molecule has 0 radical (unpaired) electrons. The van der Waals surface area contributed by atoms with Gasteiger partial charge in [-0.3, -0.25) is 4.79 Å². The number of aliphatic hydroxyl groups is 1. The van der Waals surface area contributed by atoms with Crippen LogP contribution in [0, 0.1) is 11.8 Å². The summed E-state index contributed by atoms with van der Waals surface area (Å²) in [5.41, 5.74) is 0. The Morgan fingerprint density at radius 3 is 2.87 bits per heavy atom. The van der Waals surface area contributed by atoms with Gasteiger partial charge in [-0.05, 0) is 18.4 Å². The topological polar surface area (TPSA) is 78.4 Å². The van der Waals surface area contributed by atoms with Gasteiger partial charge in [0, 0.05) is 38.2 Å². The molecule has 6 heteroatoms. The van der Waals surface area contributed by atoms with Crippen LogP contribution in [0.4, 0.5) is 5.82 Å². The van der Waals surface area contributed by atoms with E-state index < -0.39 is 0 Å². The molecule has 1 aliphatic carbocycles. The lowest BCUT2D eigenvalue weighted by atomic mass is 10.0. The Morgan fingerprint density at radius 2 is 2.17 bits per heavy atom. The molecule has 1 saturated heterocycles. The van der Waals surface area contributed by atoms with E-state index in [-0.39, 0.29) is 24.5 Å². The van der Waals surface area contributed by atoms with E-state index in [0.29, 0.717) is 19.5 Å². The number of hydrogen-bond donors (Lipinski definition) is 2. The highest BCUT2D eigenvalue weighted by Crippen LogP contribution is 2.28. The second-order valence-electron chi connectivity index (χ2n) is 6.78. The van der Waals surface area contributed by atoms with Crippen molar-refractivity contribution in [3.63, 3.8) is 0 Å². The lowest BCUT2D eigenvalue weighted by Gasteiger charge is -2.18. The van der Waals surface area contributed by atoms with Gasteiger partial charge < -0.3 is 15.3 Å². The molecule has 2 aliphatic rings. The Balaban J connectivity index is 1.50. The molecule has 2 atom stereocenters. The zero-order chi connectivity index (χ0) is 16.1. The molecule has 0 aromatic carbocycles. The Labute approximate surface area is 137 Å². The number of amides is 1. The molecular weight excluding hydrogens is 292 g/mol. The van der Waals surface area contributed by atoms with Crippen molar-refractivity contribution in [1.29, 1.82) is 0 Å². The highest BCUT2D eigenvalue weighted by atomic mass is 16.3. The van der Waals surface area contributed by atoms with Crippen LogP contribution < -0.4 is 10.2 Å². The van der Waals surface area contributed by atoms with Gasteiger partial charge in [-0.1, -0.05) is 25.7 Å².